The summed E-state index contributed by atoms with van der Waals surface area (Å²) in [6.45, 7) is 4.43. The lowest BCUT2D eigenvalue weighted by molar-refractivity contribution is 0.492. The molecule has 1 unspecified atom stereocenters. The molecule has 14 heavy (non-hydrogen) atoms. The fraction of sp³-hybridized carbons (Fsp3) is 0.800. The van der Waals surface area contributed by atoms with Crippen LogP contribution in [0.2, 0.25) is 0 Å². The van der Waals surface area contributed by atoms with E-state index in [0.29, 0.717) is 0 Å². The molecule has 1 heterocycles. The molecule has 0 amide bonds. The minimum absolute atomic E-state index is 0.217. The lowest BCUT2D eigenvalue weighted by Crippen LogP contribution is -2.23. The number of aryl methyl sites for hydroxylation is 1. The molecule has 1 rings (SSSR count). The van der Waals surface area contributed by atoms with Gasteiger partial charge in [0.25, 0.3) is 0 Å². The average Bonchev–Trinajstić information content (AvgIpc) is 2.48. The van der Waals surface area contributed by atoms with Crippen LogP contribution >= 0.6 is 0 Å². The van der Waals surface area contributed by atoms with Crippen LogP contribution in [0.5, 0.6) is 0 Å². The van der Waals surface area contributed by atoms with Gasteiger partial charge in [-0.1, -0.05) is 19.1 Å². The van der Waals surface area contributed by atoms with E-state index < -0.39 is 0 Å². The maximum atomic E-state index is 5.99. The van der Waals surface area contributed by atoms with Gasteiger partial charge in [0.05, 0.1) is 5.69 Å². The second kappa shape index (κ2) is 5.10. The number of rotatable bonds is 5. The predicted molar refractivity (Wildman–Crippen MR) is 56.8 cm³/mol. The molecule has 0 fully saturated rings. The Hall–Kier alpha value is -0.900. The third-order valence-corrected chi connectivity index (χ3v) is 2.24. The zero-order valence-corrected chi connectivity index (χ0v) is 9.27. The number of nitrogens with two attached hydrogens (primary N) is 1. The Morgan fingerprint density at radius 2 is 2.14 bits per heavy atom. The smallest absolute Gasteiger partial charge is 0.0842 e. The van der Waals surface area contributed by atoms with Gasteiger partial charge in [0.15, 0.2) is 0 Å². The quantitative estimate of drug-likeness (QED) is 0.767. The van der Waals surface area contributed by atoms with E-state index in [1.807, 2.05) is 13.2 Å². The molecule has 0 spiro atoms. The maximum Gasteiger partial charge on any atom is 0.0842 e. The van der Waals surface area contributed by atoms with Crippen LogP contribution in [0.4, 0.5) is 0 Å². The van der Waals surface area contributed by atoms with Crippen LogP contribution in [0.15, 0.2) is 6.20 Å². The van der Waals surface area contributed by atoms with Crippen LogP contribution in [0.3, 0.4) is 0 Å². The van der Waals surface area contributed by atoms with Crippen molar-refractivity contribution in [3.8, 4) is 0 Å². The van der Waals surface area contributed by atoms with Gasteiger partial charge in [-0.2, -0.15) is 0 Å². The lowest BCUT2D eigenvalue weighted by Gasteiger charge is -2.10. The molecule has 0 bridgehead atoms. The summed E-state index contributed by atoms with van der Waals surface area (Å²) >= 11 is 0. The SMILES string of the molecule is CC(C)CCC(N)Cc1cn(C)nn1. The molecule has 4 nitrogen and oxygen atoms in total. The fourth-order valence-electron chi connectivity index (χ4n) is 1.41. The summed E-state index contributed by atoms with van der Waals surface area (Å²) in [5.74, 6) is 0.725. The maximum absolute atomic E-state index is 5.99. The minimum Gasteiger partial charge on any atom is -0.327 e. The van der Waals surface area contributed by atoms with Crippen LogP contribution < -0.4 is 5.73 Å². The van der Waals surface area contributed by atoms with Gasteiger partial charge in [-0.05, 0) is 18.8 Å². The zero-order chi connectivity index (χ0) is 10.6. The predicted octanol–water partition coefficient (Wildman–Crippen LogP) is 1.12. The number of hydrogen-bond acceptors (Lipinski definition) is 3. The van der Waals surface area contributed by atoms with Gasteiger partial charge in [0.1, 0.15) is 0 Å². The van der Waals surface area contributed by atoms with Crippen molar-refractivity contribution in [1.82, 2.24) is 15.0 Å². The second-order valence-corrected chi connectivity index (χ2v) is 4.32. The third-order valence-electron chi connectivity index (χ3n) is 2.24. The Kier molecular flexibility index (Phi) is 4.07. The highest BCUT2D eigenvalue weighted by atomic mass is 15.4. The summed E-state index contributed by atoms with van der Waals surface area (Å²) in [5, 5.41) is 7.89. The summed E-state index contributed by atoms with van der Waals surface area (Å²) in [7, 11) is 1.87. The first-order chi connectivity index (χ1) is 6.58. The highest BCUT2D eigenvalue weighted by molar-refractivity contribution is 4.94. The first-order valence-corrected chi connectivity index (χ1v) is 5.18. The lowest BCUT2D eigenvalue weighted by atomic mass is 10.0. The number of hydrogen-bond donors (Lipinski definition) is 1. The fourth-order valence-corrected chi connectivity index (χ4v) is 1.41. The van der Waals surface area contributed by atoms with Gasteiger partial charge < -0.3 is 5.73 Å². The van der Waals surface area contributed by atoms with Crippen molar-refractivity contribution in [2.45, 2.75) is 39.2 Å². The van der Waals surface area contributed by atoms with Crippen molar-refractivity contribution < 1.29 is 0 Å². The molecule has 2 N–H and O–H groups in total. The van der Waals surface area contributed by atoms with Crippen LogP contribution in [-0.2, 0) is 13.5 Å². The van der Waals surface area contributed by atoms with Gasteiger partial charge >= 0.3 is 0 Å². The molecular formula is C10H20N4. The summed E-state index contributed by atoms with van der Waals surface area (Å²) < 4.78 is 1.71. The average molecular weight is 196 g/mol. The van der Waals surface area contributed by atoms with Crippen molar-refractivity contribution in [2.24, 2.45) is 18.7 Å². The molecule has 0 saturated heterocycles. The summed E-state index contributed by atoms with van der Waals surface area (Å²) in [5.41, 5.74) is 6.98. The molecule has 4 heteroatoms. The van der Waals surface area contributed by atoms with E-state index in [1.54, 1.807) is 4.68 Å². The van der Waals surface area contributed by atoms with E-state index >= 15 is 0 Å². The Labute approximate surface area is 85.5 Å². The van der Waals surface area contributed by atoms with Crippen molar-refractivity contribution in [1.29, 1.82) is 0 Å². The van der Waals surface area contributed by atoms with Crippen molar-refractivity contribution in [2.75, 3.05) is 0 Å². The Balaban J connectivity index is 2.30. The highest BCUT2D eigenvalue weighted by Crippen LogP contribution is 2.08. The summed E-state index contributed by atoms with van der Waals surface area (Å²) in [6, 6.07) is 0.217. The largest absolute Gasteiger partial charge is 0.327 e. The van der Waals surface area contributed by atoms with Crippen LogP contribution in [0.1, 0.15) is 32.4 Å². The van der Waals surface area contributed by atoms with Crippen LogP contribution in [0, 0.1) is 5.92 Å². The van der Waals surface area contributed by atoms with Crippen LogP contribution in [0.25, 0.3) is 0 Å². The number of aromatic nitrogens is 3. The molecule has 0 aromatic carbocycles. The monoisotopic (exact) mass is 196 g/mol. The molecule has 0 aliphatic carbocycles. The second-order valence-electron chi connectivity index (χ2n) is 4.32. The van der Waals surface area contributed by atoms with E-state index in [9.17, 15) is 0 Å². The molecular weight excluding hydrogens is 176 g/mol. The van der Waals surface area contributed by atoms with Gasteiger partial charge in [-0.3, -0.25) is 4.68 Å². The zero-order valence-electron chi connectivity index (χ0n) is 9.27. The highest BCUT2D eigenvalue weighted by Gasteiger charge is 2.07. The van der Waals surface area contributed by atoms with E-state index in [0.717, 1.165) is 24.5 Å². The Morgan fingerprint density at radius 3 is 2.64 bits per heavy atom. The first kappa shape index (κ1) is 11.2. The molecule has 0 saturated carbocycles. The van der Waals surface area contributed by atoms with E-state index in [-0.39, 0.29) is 6.04 Å². The Morgan fingerprint density at radius 1 is 1.43 bits per heavy atom. The molecule has 0 radical (unpaired) electrons. The van der Waals surface area contributed by atoms with Gasteiger partial charge in [0.2, 0.25) is 0 Å². The van der Waals surface area contributed by atoms with E-state index in [1.165, 1.54) is 6.42 Å². The standard InChI is InChI=1S/C10H20N4/c1-8(2)4-5-9(11)6-10-7-14(3)13-12-10/h7-9H,4-6,11H2,1-3H3. The van der Waals surface area contributed by atoms with Crippen LogP contribution in [-0.4, -0.2) is 21.0 Å². The molecule has 0 aliphatic heterocycles. The number of nitrogens with zero attached hydrogens (tertiary/aromatic N) is 3. The van der Waals surface area contributed by atoms with Gasteiger partial charge in [-0.25, -0.2) is 0 Å². The molecule has 1 aromatic rings. The Bertz CT molecular complexity index is 267. The third kappa shape index (κ3) is 3.87. The molecule has 80 valence electrons. The van der Waals surface area contributed by atoms with E-state index in [2.05, 4.69) is 24.2 Å². The molecule has 1 aromatic heterocycles. The molecule has 1 atom stereocenters. The van der Waals surface area contributed by atoms with Crippen molar-refractivity contribution in [3.05, 3.63) is 11.9 Å². The van der Waals surface area contributed by atoms with E-state index in [4.69, 9.17) is 5.73 Å². The van der Waals surface area contributed by atoms with Gasteiger partial charge in [0, 0.05) is 25.7 Å². The van der Waals surface area contributed by atoms with Crippen molar-refractivity contribution >= 4 is 0 Å². The summed E-state index contributed by atoms with van der Waals surface area (Å²) in [6.07, 6.45) is 5.01. The summed E-state index contributed by atoms with van der Waals surface area (Å²) in [4.78, 5) is 0. The minimum atomic E-state index is 0.217. The van der Waals surface area contributed by atoms with Crippen molar-refractivity contribution in [3.63, 3.8) is 0 Å². The topological polar surface area (TPSA) is 56.7 Å². The first-order valence-electron chi connectivity index (χ1n) is 5.18. The normalized spacial score (nSPS) is 13.5. The van der Waals surface area contributed by atoms with Gasteiger partial charge in [-0.15, -0.1) is 5.10 Å². The molecule has 0 aliphatic rings.